The predicted molar refractivity (Wildman–Crippen MR) is 164 cm³/mol. The van der Waals surface area contributed by atoms with E-state index in [0.717, 1.165) is 64.7 Å². The van der Waals surface area contributed by atoms with Gasteiger partial charge in [0.05, 0.1) is 12.1 Å². The van der Waals surface area contributed by atoms with Crippen molar-refractivity contribution in [1.29, 1.82) is 0 Å². The molecule has 0 bridgehead atoms. The number of fused-ring (bicyclic) bond motifs is 2. The quantitative estimate of drug-likeness (QED) is 0.489. The molecule has 2 aromatic rings. The highest BCUT2D eigenvalue weighted by atomic mass is 16.2. The number of carbonyl (C=O) groups excluding carboxylic acids is 2. The minimum Gasteiger partial charge on any atom is -0.368 e. The Morgan fingerprint density at radius 3 is 1.38 bits per heavy atom. The van der Waals surface area contributed by atoms with E-state index in [1.165, 1.54) is 33.6 Å². The second-order valence-corrected chi connectivity index (χ2v) is 14.0. The van der Waals surface area contributed by atoms with E-state index in [1.807, 2.05) is 41.5 Å². The molecule has 3 aliphatic rings. The molecule has 0 saturated carbocycles. The van der Waals surface area contributed by atoms with Gasteiger partial charge in [-0.05, 0) is 72.9 Å². The first kappa shape index (κ1) is 28.5. The zero-order valence-electron chi connectivity index (χ0n) is 25.4. The van der Waals surface area contributed by atoms with E-state index in [1.54, 1.807) is 0 Å². The maximum absolute atomic E-state index is 12.8. The molecule has 6 heteroatoms. The van der Waals surface area contributed by atoms with Crippen molar-refractivity contribution in [2.24, 2.45) is 10.8 Å². The van der Waals surface area contributed by atoms with Crippen molar-refractivity contribution in [2.45, 2.75) is 92.2 Å². The summed E-state index contributed by atoms with van der Waals surface area (Å²) in [5.41, 5.74) is 7.32. The molecule has 0 radical (unpaired) electrons. The molecule has 5 rings (SSSR count). The number of hydrogen-bond acceptors (Lipinski definition) is 4. The summed E-state index contributed by atoms with van der Waals surface area (Å²) < 4.78 is 0. The van der Waals surface area contributed by atoms with Crippen LogP contribution in [0.15, 0.2) is 36.4 Å². The third-order valence-electron chi connectivity index (χ3n) is 8.90. The third-order valence-corrected chi connectivity index (χ3v) is 8.90. The molecule has 1 heterocycles. The van der Waals surface area contributed by atoms with Crippen molar-refractivity contribution < 1.29 is 9.59 Å². The van der Waals surface area contributed by atoms with E-state index in [0.29, 0.717) is 0 Å². The second-order valence-electron chi connectivity index (χ2n) is 14.0. The van der Waals surface area contributed by atoms with Gasteiger partial charge in [0.1, 0.15) is 0 Å². The summed E-state index contributed by atoms with van der Waals surface area (Å²) in [4.78, 5) is 30.6. The van der Waals surface area contributed by atoms with E-state index < -0.39 is 0 Å². The number of amides is 2. The average molecular weight is 545 g/mol. The number of rotatable bonds is 4. The molecule has 2 atom stereocenters. The molecule has 0 aromatic heterocycles. The molecule has 0 unspecified atom stereocenters. The van der Waals surface area contributed by atoms with Crippen LogP contribution in [0.4, 0.5) is 11.4 Å². The van der Waals surface area contributed by atoms with Crippen molar-refractivity contribution in [3.8, 4) is 0 Å². The molecule has 40 heavy (non-hydrogen) atoms. The minimum absolute atomic E-state index is 0.0966. The lowest BCUT2D eigenvalue weighted by atomic mass is 9.84. The number of nitrogens with one attached hydrogen (secondary N) is 2. The van der Waals surface area contributed by atoms with E-state index in [4.69, 9.17) is 0 Å². The van der Waals surface area contributed by atoms with Crippen LogP contribution in [0.2, 0.25) is 0 Å². The molecule has 0 spiro atoms. The van der Waals surface area contributed by atoms with Crippen LogP contribution in [-0.2, 0) is 22.4 Å². The molecule has 1 saturated heterocycles. The Balaban J connectivity index is 1.30. The van der Waals surface area contributed by atoms with Gasteiger partial charge in [-0.1, -0.05) is 65.8 Å². The van der Waals surface area contributed by atoms with Crippen LogP contribution in [-0.4, -0.2) is 38.0 Å². The lowest BCUT2D eigenvalue weighted by Gasteiger charge is -2.41. The van der Waals surface area contributed by atoms with Gasteiger partial charge in [0.2, 0.25) is 11.8 Å². The number of piperazine rings is 1. The van der Waals surface area contributed by atoms with Gasteiger partial charge >= 0.3 is 0 Å². The zero-order valence-corrected chi connectivity index (χ0v) is 25.4. The molecule has 6 nitrogen and oxygen atoms in total. The van der Waals surface area contributed by atoms with Crippen LogP contribution in [0.1, 0.15) is 102 Å². The molecule has 2 aliphatic carbocycles. The summed E-state index contributed by atoms with van der Waals surface area (Å²) in [5.74, 6) is 0.242. The van der Waals surface area contributed by atoms with Gasteiger partial charge in [0.25, 0.3) is 0 Å². The Hall–Kier alpha value is -3.02. The van der Waals surface area contributed by atoms with Crippen LogP contribution in [0.25, 0.3) is 0 Å². The monoisotopic (exact) mass is 544 g/mol. The lowest BCUT2D eigenvalue weighted by Crippen LogP contribution is -2.47. The smallest absolute Gasteiger partial charge is 0.225 e. The van der Waals surface area contributed by atoms with E-state index >= 15 is 0 Å². The van der Waals surface area contributed by atoms with Crippen molar-refractivity contribution in [3.05, 3.63) is 58.7 Å². The van der Waals surface area contributed by atoms with Crippen LogP contribution in [0, 0.1) is 10.8 Å². The summed E-state index contributed by atoms with van der Waals surface area (Å²) in [6.07, 6.45) is 6.35. The number of anilines is 2. The molecule has 1 fully saturated rings. The SMILES string of the molecule is CC(C)(C)C(=O)N[C@@H]1CCCc2c1cccc2N1CCN(c2cccc3c2CCC[C@H]3NC(=O)C(C)(C)C)CC1. The highest BCUT2D eigenvalue weighted by molar-refractivity contribution is 5.82. The molecular weight excluding hydrogens is 496 g/mol. The zero-order chi connectivity index (χ0) is 28.7. The number of hydrogen-bond donors (Lipinski definition) is 2. The van der Waals surface area contributed by atoms with E-state index in [-0.39, 0.29) is 34.7 Å². The summed E-state index contributed by atoms with van der Waals surface area (Å²) in [5, 5.41) is 6.67. The Morgan fingerprint density at radius 2 is 1.02 bits per heavy atom. The van der Waals surface area contributed by atoms with E-state index in [2.05, 4.69) is 56.8 Å². The largest absolute Gasteiger partial charge is 0.368 e. The maximum Gasteiger partial charge on any atom is 0.225 e. The van der Waals surface area contributed by atoms with E-state index in [9.17, 15) is 9.59 Å². The standard InChI is InChI=1S/C34H48N4O2/c1-33(2,3)31(39)35-27-15-7-13-25-23(27)11-9-17-29(25)37-19-21-38(22-20-37)30-18-10-12-24-26(30)14-8-16-28(24)36-32(40)34(4,5)6/h9-12,17-18,27-28H,7-8,13-16,19-22H2,1-6H3,(H,35,39)(H,36,40)/t27-,28-/m1/s1. The Bertz CT molecular complexity index is 1150. The topological polar surface area (TPSA) is 64.7 Å². The minimum atomic E-state index is -0.389. The fourth-order valence-corrected chi connectivity index (χ4v) is 6.49. The van der Waals surface area contributed by atoms with Crippen molar-refractivity contribution >= 4 is 23.2 Å². The number of benzene rings is 2. The van der Waals surface area contributed by atoms with Crippen molar-refractivity contribution in [3.63, 3.8) is 0 Å². The normalized spacial score (nSPS) is 21.4. The summed E-state index contributed by atoms with van der Waals surface area (Å²) >= 11 is 0. The maximum atomic E-state index is 12.8. The first-order chi connectivity index (χ1) is 18.9. The molecule has 1 aliphatic heterocycles. The van der Waals surface area contributed by atoms with Gasteiger partial charge in [-0.15, -0.1) is 0 Å². The highest BCUT2D eigenvalue weighted by Gasteiger charge is 2.32. The van der Waals surface area contributed by atoms with Gasteiger partial charge in [-0.25, -0.2) is 0 Å². The van der Waals surface area contributed by atoms with Gasteiger partial charge < -0.3 is 20.4 Å². The fraction of sp³-hybridized carbons (Fsp3) is 0.588. The summed E-state index contributed by atoms with van der Waals surface area (Å²) in [7, 11) is 0. The first-order valence-electron chi connectivity index (χ1n) is 15.3. The summed E-state index contributed by atoms with van der Waals surface area (Å²) in [6.45, 7) is 15.8. The van der Waals surface area contributed by atoms with Crippen molar-refractivity contribution in [1.82, 2.24) is 10.6 Å². The Morgan fingerprint density at radius 1 is 0.650 bits per heavy atom. The average Bonchev–Trinajstić information content (AvgIpc) is 2.92. The molecule has 2 N–H and O–H groups in total. The molecular formula is C34H48N4O2. The van der Waals surface area contributed by atoms with Crippen LogP contribution < -0.4 is 20.4 Å². The highest BCUT2D eigenvalue weighted by Crippen LogP contribution is 2.39. The van der Waals surface area contributed by atoms with Crippen molar-refractivity contribution in [2.75, 3.05) is 36.0 Å². The number of carbonyl (C=O) groups is 2. The van der Waals surface area contributed by atoms with Gasteiger partial charge in [-0.3, -0.25) is 9.59 Å². The van der Waals surface area contributed by atoms with Gasteiger partial charge in [-0.2, -0.15) is 0 Å². The van der Waals surface area contributed by atoms with Crippen LogP contribution in [0.3, 0.4) is 0 Å². The Labute approximate surface area is 240 Å². The lowest BCUT2D eigenvalue weighted by molar-refractivity contribution is -0.130. The summed E-state index contributed by atoms with van der Waals surface area (Å²) in [6, 6.07) is 13.5. The van der Waals surface area contributed by atoms with Gasteiger partial charge in [0.15, 0.2) is 0 Å². The van der Waals surface area contributed by atoms with Gasteiger partial charge in [0, 0.05) is 48.4 Å². The first-order valence-corrected chi connectivity index (χ1v) is 15.3. The molecule has 2 aromatic carbocycles. The molecule has 216 valence electrons. The fourth-order valence-electron chi connectivity index (χ4n) is 6.49. The Kier molecular flexibility index (Phi) is 7.91. The van der Waals surface area contributed by atoms with Crippen LogP contribution >= 0.6 is 0 Å². The number of nitrogens with zero attached hydrogens (tertiary/aromatic N) is 2. The van der Waals surface area contributed by atoms with Crippen LogP contribution in [0.5, 0.6) is 0 Å². The second kappa shape index (κ2) is 11.1. The third kappa shape index (κ3) is 5.87. The predicted octanol–water partition coefficient (Wildman–Crippen LogP) is 6.09. The molecule has 2 amide bonds.